The molecule has 1 rings (SSSR count). The van der Waals surface area contributed by atoms with Crippen molar-refractivity contribution in [2.24, 2.45) is 5.73 Å². The Labute approximate surface area is 106 Å². The SMILES string of the molecule is CCCC(COC)NCc1cc(C(N)=O)cs1. The summed E-state index contributed by atoms with van der Waals surface area (Å²) in [5.74, 6) is -0.366. The van der Waals surface area contributed by atoms with Gasteiger partial charge in [0.1, 0.15) is 0 Å². The highest BCUT2D eigenvalue weighted by Crippen LogP contribution is 2.14. The van der Waals surface area contributed by atoms with Crippen molar-refractivity contribution < 1.29 is 9.53 Å². The minimum Gasteiger partial charge on any atom is -0.383 e. The van der Waals surface area contributed by atoms with Crippen molar-refractivity contribution >= 4 is 17.2 Å². The Hall–Kier alpha value is -0.910. The second kappa shape index (κ2) is 7.42. The molecule has 4 nitrogen and oxygen atoms in total. The molecule has 0 aliphatic carbocycles. The Kier molecular flexibility index (Phi) is 6.18. The lowest BCUT2D eigenvalue weighted by molar-refractivity contribution is 0.100. The summed E-state index contributed by atoms with van der Waals surface area (Å²) in [5.41, 5.74) is 5.79. The Morgan fingerprint density at radius 2 is 2.41 bits per heavy atom. The Balaban J connectivity index is 2.44. The van der Waals surface area contributed by atoms with Crippen LogP contribution in [0.15, 0.2) is 11.4 Å². The fourth-order valence-electron chi connectivity index (χ4n) is 1.64. The quantitative estimate of drug-likeness (QED) is 0.745. The fraction of sp³-hybridized carbons (Fsp3) is 0.583. The van der Waals surface area contributed by atoms with E-state index in [0.29, 0.717) is 18.2 Å². The van der Waals surface area contributed by atoms with Crippen LogP contribution in [-0.4, -0.2) is 25.7 Å². The van der Waals surface area contributed by atoms with Gasteiger partial charge in [0.05, 0.1) is 12.2 Å². The zero-order chi connectivity index (χ0) is 12.7. The van der Waals surface area contributed by atoms with Crippen LogP contribution in [0.25, 0.3) is 0 Å². The summed E-state index contributed by atoms with van der Waals surface area (Å²) in [5, 5.41) is 5.22. The van der Waals surface area contributed by atoms with Gasteiger partial charge < -0.3 is 15.8 Å². The second-order valence-electron chi connectivity index (χ2n) is 3.99. The fourth-order valence-corrected chi connectivity index (χ4v) is 2.47. The zero-order valence-corrected chi connectivity index (χ0v) is 11.2. The highest BCUT2D eigenvalue weighted by molar-refractivity contribution is 7.10. The maximum atomic E-state index is 10.9. The molecule has 0 aliphatic heterocycles. The number of primary amides is 1. The smallest absolute Gasteiger partial charge is 0.249 e. The summed E-state index contributed by atoms with van der Waals surface area (Å²) in [6.45, 7) is 3.62. The Morgan fingerprint density at radius 3 is 2.94 bits per heavy atom. The molecule has 1 aromatic heterocycles. The van der Waals surface area contributed by atoms with Crippen LogP contribution >= 0.6 is 11.3 Å². The molecule has 1 heterocycles. The molecule has 1 unspecified atom stereocenters. The minimum absolute atomic E-state index is 0.365. The van der Waals surface area contributed by atoms with E-state index in [9.17, 15) is 4.79 Å². The minimum atomic E-state index is -0.366. The largest absolute Gasteiger partial charge is 0.383 e. The standard InChI is InChI=1S/C12H20N2O2S/c1-3-4-10(7-16-2)14-6-11-5-9(8-17-11)12(13)15/h5,8,10,14H,3-4,6-7H2,1-2H3,(H2,13,15). The number of nitrogens with two attached hydrogens (primary N) is 1. The van der Waals surface area contributed by atoms with Crippen LogP contribution in [-0.2, 0) is 11.3 Å². The molecule has 1 amide bonds. The highest BCUT2D eigenvalue weighted by Gasteiger charge is 2.08. The molecule has 3 N–H and O–H groups in total. The molecule has 0 bridgehead atoms. The first kappa shape index (κ1) is 14.2. The van der Waals surface area contributed by atoms with Crippen molar-refractivity contribution in [3.8, 4) is 0 Å². The van der Waals surface area contributed by atoms with Gasteiger partial charge in [-0.2, -0.15) is 0 Å². The molecule has 0 aromatic carbocycles. The van der Waals surface area contributed by atoms with Crippen LogP contribution in [0.4, 0.5) is 0 Å². The molecular formula is C12H20N2O2S. The lowest BCUT2D eigenvalue weighted by atomic mass is 10.2. The molecule has 0 saturated heterocycles. The molecule has 0 radical (unpaired) electrons. The Bertz CT molecular complexity index is 346. The van der Waals surface area contributed by atoms with Gasteiger partial charge in [0.2, 0.25) is 5.91 Å². The van der Waals surface area contributed by atoms with Crippen molar-refractivity contribution in [2.45, 2.75) is 32.4 Å². The molecule has 0 fully saturated rings. The molecule has 1 aromatic rings. The van der Waals surface area contributed by atoms with Gasteiger partial charge in [-0.15, -0.1) is 11.3 Å². The first-order valence-corrected chi connectivity index (χ1v) is 6.64. The maximum Gasteiger partial charge on any atom is 0.249 e. The number of amides is 1. The van der Waals surface area contributed by atoms with Crippen molar-refractivity contribution in [3.05, 3.63) is 21.9 Å². The van der Waals surface area contributed by atoms with Crippen molar-refractivity contribution in [2.75, 3.05) is 13.7 Å². The molecule has 0 spiro atoms. The van der Waals surface area contributed by atoms with Crippen LogP contribution in [0.5, 0.6) is 0 Å². The number of hydrogen-bond donors (Lipinski definition) is 2. The number of carbonyl (C=O) groups is 1. The number of hydrogen-bond acceptors (Lipinski definition) is 4. The zero-order valence-electron chi connectivity index (χ0n) is 10.4. The summed E-state index contributed by atoms with van der Waals surface area (Å²) < 4.78 is 5.16. The third-order valence-corrected chi connectivity index (χ3v) is 3.44. The third-order valence-electron chi connectivity index (χ3n) is 2.51. The van der Waals surface area contributed by atoms with Crippen LogP contribution in [0.1, 0.15) is 35.0 Å². The number of methoxy groups -OCH3 is 1. The van der Waals surface area contributed by atoms with Crippen LogP contribution in [0, 0.1) is 0 Å². The second-order valence-corrected chi connectivity index (χ2v) is 4.98. The van der Waals surface area contributed by atoms with Crippen LogP contribution in [0.3, 0.4) is 0 Å². The highest BCUT2D eigenvalue weighted by atomic mass is 32.1. The van der Waals surface area contributed by atoms with Crippen molar-refractivity contribution in [3.63, 3.8) is 0 Å². The van der Waals surface area contributed by atoms with Gasteiger partial charge in [-0.3, -0.25) is 4.79 Å². The van der Waals surface area contributed by atoms with E-state index in [1.807, 2.05) is 6.07 Å². The average molecular weight is 256 g/mol. The van der Waals surface area contributed by atoms with Crippen molar-refractivity contribution in [1.29, 1.82) is 0 Å². The summed E-state index contributed by atoms with van der Waals surface area (Å²) in [7, 11) is 1.71. The third kappa shape index (κ3) is 4.85. The molecule has 96 valence electrons. The predicted molar refractivity (Wildman–Crippen MR) is 70.2 cm³/mol. The van der Waals surface area contributed by atoms with E-state index in [1.54, 1.807) is 23.8 Å². The molecule has 0 saturated carbocycles. The first-order chi connectivity index (χ1) is 8.17. The number of carbonyl (C=O) groups excluding carboxylic acids is 1. The predicted octanol–water partition coefficient (Wildman–Crippen LogP) is 1.75. The average Bonchev–Trinajstić information content (AvgIpc) is 2.75. The summed E-state index contributed by atoms with van der Waals surface area (Å²) in [6, 6.07) is 2.21. The summed E-state index contributed by atoms with van der Waals surface area (Å²) >= 11 is 1.55. The van der Waals surface area contributed by atoms with Gasteiger partial charge in [0.15, 0.2) is 0 Å². The van der Waals surface area contributed by atoms with Gasteiger partial charge in [0.25, 0.3) is 0 Å². The summed E-state index contributed by atoms with van der Waals surface area (Å²) in [6.07, 6.45) is 2.21. The number of ether oxygens (including phenoxy) is 1. The van der Waals surface area contributed by atoms with E-state index in [1.165, 1.54) is 0 Å². The molecule has 17 heavy (non-hydrogen) atoms. The monoisotopic (exact) mass is 256 g/mol. The molecule has 1 atom stereocenters. The van der Waals surface area contributed by atoms with Crippen LogP contribution < -0.4 is 11.1 Å². The number of nitrogens with one attached hydrogen (secondary N) is 1. The molecular weight excluding hydrogens is 236 g/mol. The van der Waals surface area contributed by atoms with Gasteiger partial charge in [0, 0.05) is 30.0 Å². The van der Waals surface area contributed by atoms with E-state index in [2.05, 4.69) is 12.2 Å². The molecule has 0 aliphatic rings. The maximum absolute atomic E-state index is 10.9. The van der Waals surface area contributed by atoms with E-state index in [4.69, 9.17) is 10.5 Å². The van der Waals surface area contributed by atoms with Gasteiger partial charge in [-0.05, 0) is 12.5 Å². The van der Waals surface area contributed by atoms with E-state index < -0.39 is 0 Å². The molecule has 5 heteroatoms. The lowest BCUT2D eigenvalue weighted by Gasteiger charge is -2.16. The van der Waals surface area contributed by atoms with Crippen molar-refractivity contribution in [1.82, 2.24) is 5.32 Å². The van der Waals surface area contributed by atoms with Crippen LogP contribution in [0.2, 0.25) is 0 Å². The number of thiophene rings is 1. The van der Waals surface area contributed by atoms with E-state index >= 15 is 0 Å². The van der Waals surface area contributed by atoms with E-state index in [0.717, 1.165) is 24.3 Å². The summed E-state index contributed by atoms with van der Waals surface area (Å²) in [4.78, 5) is 12.1. The van der Waals surface area contributed by atoms with Gasteiger partial charge >= 0.3 is 0 Å². The topological polar surface area (TPSA) is 64.3 Å². The number of rotatable bonds is 8. The van der Waals surface area contributed by atoms with Gasteiger partial charge in [-0.1, -0.05) is 13.3 Å². The Morgan fingerprint density at radius 1 is 1.65 bits per heavy atom. The lowest BCUT2D eigenvalue weighted by Crippen LogP contribution is -2.32. The van der Waals surface area contributed by atoms with E-state index in [-0.39, 0.29) is 5.91 Å². The first-order valence-electron chi connectivity index (χ1n) is 5.76. The normalized spacial score (nSPS) is 12.6. The van der Waals surface area contributed by atoms with Gasteiger partial charge in [-0.25, -0.2) is 0 Å².